The summed E-state index contributed by atoms with van der Waals surface area (Å²) in [6.07, 6.45) is 11.6. The second-order valence-corrected chi connectivity index (χ2v) is 16.5. The second kappa shape index (κ2) is 17.6. The van der Waals surface area contributed by atoms with Crippen molar-refractivity contribution < 1.29 is 9.47 Å². The summed E-state index contributed by atoms with van der Waals surface area (Å²) in [5.74, 6) is 1.73. The maximum Gasteiger partial charge on any atom is 0.118 e. The van der Waals surface area contributed by atoms with E-state index < -0.39 is 0 Å². The van der Waals surface area contributed by atoms with E-state index in [1.165, 1.54) is 138 Å². The van der Waals surface area contributed by atoms with Gasteiger partial charge in [0.1, 0.15) is 11.5 Å². The van der Waals surface area contributed by atoms with Crippen molar-refractivity contribution in [2.75, 3.05) is 14.2 Å². The molecule has 1 aliphatic rings. The van der Waals surface area contributed by atoms with E-state index >= 15 is 0 Å². The fraction of sp³-hybridized carbons (Fsp3) is 0.241. The van der Waals surface area contributed by atoms with Gasteiger partial charge in [-0.3, -0.25) is 0 Å². The average Bonchev–Trinajstić information content (AvgIpc) is 3.64. The van der Waals surface area contributed by atoms with Gasteiger partial charge >= 0.3 is 0 Å². The summed E-state index contributed by atoms with van der Waals surface area (Å²) in [5.41, 5.74) is 18.6. The molecule has 0 spiro atoms. The Morgan fingerprint density at radius 2 is 0.733 bits per heavy atom. The first kappa shape index (κ1) is 39.3. The Labute approximate surface area is 356 Å². The molecule has 0 bridgehead atoms. The van der Waals surface area contributed by atoms with Crippen molar-refractivity contribution in [2.24, 2.45) is 0 Å². The second-order valence-electron chi connectivity index (χ2n) is 16.5. The van der Waals surface area contributed by atoms with Crippen molar-refractivity contribution in [3.05, 3.63) is 157 Å². The van der Waals surface area contributed by atoms with E-state index in [1.807, 2.05) is 0 Å². The Balaban J connectivity index is 1.58. The van der Waals surface area contributed by atoms with Crippen molar-refractivity contribution in [2.45, 2.75) is 78.1 Å². The first-order chi connectivity index (χ1) is 29.7. The van der Waals surface area contributed by atoms with Crippen LogP contribution < -0.4 is 9.47 Å². The average molecular weight is 785 g/mol. The van der Waals surface area contributed by atoms with E-state index in [-0.39, 0.29) is 0 Å². The summed E-state index contributed by atoms with van der Waals surface area (Å²) >= 11 is 0. The first-order valence-electron chi connectivity index (χ1n) is 22.3. The van der Waals surface area contributed by atoms with Crippen molar-refractivity contribution in [3.63, 3.8) is 0 Å². The van der Waals surface area contributed by atoms with E-state index in [4.69, 9.17) is 9.47 Å². The maximum absolute atomic E-state index is 5.80. The minimum Gasteiger partial charge on any atom is -0.497 e. The normalized spacial score (nSPS) is 11.7. The van der Waals surface area contributed by atoms with Crippen LogP contribution in [0.15, 0.2) is 146 Å². The number of methoxy groups -OCH3 is 2. The third kappa shape index (κ3) is 7.06. The zero-order chi connectivity index (χ0) is 41.0. The lowest BCUT2D eigenvalue weighted by Gasteiger charge is -2.30. The van der Waals surface area contributed by atoms with Gasteiger partial charge in [0.05, 0.1) is 14.2 Å². The minimum atomic E-state index is 0.863. The van der Waals surface area contributed by atoms with Gasteiger partial charge in [-0.15, -0.1) is 0 Å². The molecule has 8 aromatic rings. The maximum atomic E-state index is 5.80. The van der Waals surface area contributed by atoms with Crippen molar-refractivity contribution in [1.82, 2.24) is 0 Å². The van der Waals surface area contributed by atoms with Gasteiger partial charge in [-0.05, 0) is 149 Å². The summed E-state index contributed by atoms with van der Waals surface area (Å²) in [6.45, 7) is 4.63. The van der Waals surface area contributed by atoms with E-state index in [1.54, 1.807) is 14.2 Å². The number of hydrogen-bond acceptors (Lipinski definition) is 2. The monoisotopic (exact) mass is 784 g/mol. The Kier molecular flexibility index (Phi) is 11.6. The molecule has 0 aromatic heterocycles. The largest absolute Gasteiger partial charge is 0.497 e. The molecular formula is C58H56O2. The number of hydrogen-bond donors (Lipinski definition) is 0. The van der Waals surface area contributed by atoms with Crippen LogP contribution in [-0.4, -0.2) is 14.2 Å². The van der Waals surface area contributed by atoms with Gasteiger partial charge < -0.3 is 9.47 Å². The molecule has 8 aromatic carbocycles. The molecule has 0 atom stereocenters. The molecule has 1 aliphatic carbocycles. The molecule has 0 saturated carbocycles. The zero-order valence-corrected chi connectivity index (χ0v) is 35.7. The van der Waals surface area contributed by atoms with Crippen molar-refractivity contribution in [1.29, 1.82) is 0 Å². The van der Waals surface area contributed by atoms with Crippen molar-refractivity contribution in [3.8, 4) is 78.3 Å². The predicted octanol–water partition coefficient (Wildman–Crippen LogP) is 16.6. The molecule has 9 rings (SSSR count). The summed E-state index contributed by atoms with van der Waals surface area (Å²) in [7, 11) is 3.52. The third-order valence-electron chi connectivity index (χ3n) is 12.8. The highest BCUT2D eigenvalue weighted by atomic mass is 16.5. The van der Waals surface area contributed by atoms with Gasteiger partial charge in [-0.1, -0.05) is 174 Å². The van der Waals surface area contributed by atoms with Gasteiger partial charge in [0.2, 0.25) is 0 Å². The predicted molar refractivity (Wildman–Crippen MR) is 256 cm³/mol. The highest BCUT2D eigenvalue weighted by molar-refractivity contribution is 6.27. The van der Waals surface area contributed by atoms with Crippen LogP contribution in [0.2, 0.25) is 0 Å². The lowest BCUT2D eigenvalue weighted by Crippen LogP contribution is -2.06. The molecule has 0 fully saturated rings. The number of ether oxygens (including phenoxy) is 2. The van der Waals surface area contributed by atoms with E-state index in [0.29, 0.717) is 0 Å². The van der Waals surface area contributed by atoms with Gasteiger partial charge in [-0.2, -0.15) is 0 Å². The quantitative estimate of drug-likeness (QED) is 0.0909. The molecule has 2 nitrogen and oxygen atoms in total. The number of unbranched alkanes of at least 4 members (excludes halogenated alkanes) is 6. The first-order valence-corrected chi connectivity index (χ1v) is 22.3. The molecule has 300 valence electrons. The smallest absolute Gasteiger partial charge is 0.118 e. The molecule has 60 heavy (non-hydrogen) atoms. The van der Waals surface area contributed by atoms with Crippen LogP contribution in [0, 0.1) is 0 Å². The van der Waals surface area contributed by atoms with Crippen LogP contribution in [0.25, 0.3) is 88.3 Å². The summed E-state index contributed by atoms with van der Waals surface area (Å²) in [5, 5.41) is 5.52. The highest BCUT2D eigenvalue weighted by Gasteiger charge is 2.34. The molecule has 2 heteroatoms. The minimum absolute atomic E-state index is 0.863. The molecule has 0 N–H and O–H groups in total. The number of rotatable bonds is 16. The Hall–Kier alpha value is -6.12. The number of fused-ring (bicyclic) bond motifs is 4. The van der Waals surface area contributed by atoms with Crippen LogP contribution >= 0.6 is 0 Å². The number of aryl methyl sites for hydroxylation is 2. The fourth-order valence-corrected chi connectivity index (χ4v) is 10.1. The van der Waals surface area contributed by atoms with Crippen LogP contribution in [-0.2, 0) is 12.8 Å². The number of benzene rings is 8. The molecule has 0 saturated heterocycles. The lowest BCUT2D eigenvalue weighted by molar-refractivity contribution is 0.415. The Morgan fingerprint density at radius 1 is 0.333 bits per heavy atom. The molecule has 0 heterocycles. The lowest BCUT2D eigenvalue weighted by atomic mass is 9.73. The zero-order valence-electron chi connectivity index (χ0n) is 35.7. The Morgan fingerprint density at radius 3 is 1.12 bits per heavy atom. The Bertz CT molecular complexity index is 2570. The molecule has 0 amide bonds. The van der Waals surface area contributed by atoms with E-state index in [2.05, 4.69) is 159 Å². The topological polar surface area (TPSA) is 18.5 Å². The SMILES string of the molecule is CCCCCCc1c2c(c(CCCCCC)c3c(-c4ccc(OC)cc4)c(-c4ccccc4)c(-c4ccccc4)c(-c4ccc(OC)cc4)c13)-c1cccc3cccc-2c13. The van der Waals surface area contributed by atoms with Crippen LogP contribution in [0.1, 0.15) is 76.3 Å². The van der Waals surface area contributed by atoms with Crippen LogP contribution in [0.4, 0.5) is 0 Å². The summed E-state index contributed by atoms with van der Waals surface area (Å²) < 4.78 is 11.6. The molecule has 0 unspecified atom stereocenters. The van der Waals surface area contributed by atoms with Gasteiger partial charge in [-0.25, -0.2) is 0 Å². The highest BCUT2D eigenvalue weighted by Crippen LogP contribution is 2.59. The van der Waals surface area contributed by atoms with Gasteiger partial charge in [0, 0.05) is 0 Å². The van der Waals surface area contributed by atoms with Crippen molar-refractivity contribution >= 4 is 21.5 Å². The van der Waals surface area contributed by atoms with Gasteiger partial charge in [0.15, 0.2) is 0 Å². The van der Waals surface area contributed by atoms with E-state index in [0.717, 1.165) is 37.2 Å². The summed E-state index contributed by atoms with van der Waals surface area (Å²) in [6, 6.07) is 54.1. The third-order valence-corrected chi connectivity index (χ3v) is 12.8. The van der Waals surface area contributed by atoms with E-state index in [9.17, 15) is 0 Å². The molecule has 0 radical (unpaired) electrons. The molecular weight excluding hydrogens is 729 g/mol. The molecule has 0 aliphatic heterocycles. The van der Waals surface area contributed by atoms with Crippen LogP contribution in [0.3, 0.4) is 0 Å². The van der Waals surface area contributed by atoms with Gasteiger partial charge in [0.25, 0.3) is 0 Å². The standard InChI is InChI=1S/C58H56O2/c1-5-7-9-17-27-48-55-46-29-19-25-39-26-20-30-47(50(39)46)56(55)49(28-18-10-8-6-2)58-54(43-33-37-45(60-4)38-34-43)52(41-23-15-12-16-24-41)51(40-21-13-11-14-22-40)53(57(48)58)42-31-35-44(59-3)36-32-42/h11-16,19-26,29-38H,5-10,17-18,27-28H2,1-4H3. The van der Waals surface area contributed by atoms with Crippen LogP contribution in [0.5, 0.6) is 11.5 Å². The fourth-order valence-electron chi connectivity index (χ4n) is 10.1. The summed E-state index contributed by atoms with van der Waals surface area (Å²) in [4.78, 5) is 0.